The van der Waals surface area contributed by atoms with Gasteiger partial charge in [0, 0.05) is 43.0 Å². The van der Waals surface area contributed by atoms with Crippen molar-refractivity contribution in [2.45, 2.75) is 12.0 Å². The smallest absolute Gasteiger partial charge is 0.251 e. The number of nitrogens with zero attached hydrogens (tertiary/aromatic N) is 4. The Morgan fingerprint density at radius 2 is 1.54 bits per heavy atom. The molecule has 0 N–H and O–H groups in total. The van der Waals surface area contributed by atoms with Gasteiger partial charge in [-0.3, -0.25) is 14.8 Å². The van der Waals surface area contributed by atoms with E-state index in [0.717, 1.165) is 11.1 Å². The first-order valence-electron chi connectivity index (χ1n) is 8.83. The Bertz CT molecular complexity index is 1080. The number of aromatic nitrogens is 4. The van der Waals surface area contributed by atoms with Gasteiger partial charge in [0.2, 0.25) is 0 Å². The lowest BCUT2D eigenvalue weighted by Gasteiger charge is -2.29. The molecule has 0 saturated heterocycles. The van der Waals surface area contributed by atoms with E-state index in [1.54, 1.807) is 41.4 Å². The van der Waals surface area contributed by atoms with Crippen molar-refractivity contribution >= 4 is 11.6 Å². The predicted molar refractivity (Wildman–Crippen MR) is 108 cm³/mol. The van der Waals surface area contributed by atoms with Crippen molar-refractivity contribution in [1.82, 2.24) is 19.5 Å². The fourth-order valence-electron chi connectivity index (χ4n) is 3.41. The van der Waals surface area contributed by atoms with Crippen LogP contribution in [0.2, 0.25) is 5.15 Å². The van der Waals surface area contributed by atoms with Gasteiger partial charge in [0.05, 0.1) is 11.7 Å². The molecule has 0 radical (unpaired) electrons. The first-order valence-corrected chi connectivity index (χ1v) is 9.21. The molecule has 0 aromatic carbocycles. The minimum Gasteiger partial charge on any atom is -0.305 e. The van der Waals surface area contributed by atoms with Gasteiger partial charge in [-0.05, 0) is 41.5 Å². The fraction of sp³-hybridized carbons (Fsp3) is 0.0909. The van der Waals surface area contributed by atoms with Gasteiger partial charge in [-0.2, -0.15) is 0 Å². The van der Waals surface area contributed by atoms with Crippen LogP contribution in [-0.2, 0) is 0 Å². The minimum absolute atomic E-state index is 0.118. The molecular weight excluding hydrogens is 372 g/mol. The Balaban J connectivity index is 1.99. The monoisotopic (exact) mass is 388 g/mol. The molecule has 5 nitrogen and oxygen atoms in total. The quantitative estimate of drug-likeness (QED) is 0.483. The van der Waals surface area contributed by atoms with Crippen LogP contribution in [0.1, 0.15) is 28.8 Å². The number of halogens is 1. The molecule has 4 aromatic rings. The molecule has 138 valence electrons. The van der Waals surface area contributed by atoms with Gasteiger partial charge in [0.25, 0.3) is 5.56 Å². The van der Waals surface area contributed by atoms with Gasteiger partial charge in [-0.25, -0.2) is 4.98 Å². The second-order valence-electron chi connectivity index (χ2n) is 6.33. The number of pyridine rings is 4. The molecule has 1 unspecified atom stereocenters. The molecule has 4 heterocycles. The molecule has 0 aliphatic rings. The molecule has 1 atom stereocenters. The zero-order valence-electron chi connectivity index (χ0n) is 14.9. The van der Waals surface area contributed by atoms with E-state index in [0.29, 0.717) is 10.8 Å². The molecule has 0 bridgehead atoms. The third kappa shape index (κ3) is 3.70. The van der Waals surface area contributed by atoms with E-state index in [2.05, 4.69) is 15.0 Å². The summed E-state index contributed by atoms with van der Waals surface area (Å²) < 4.78 is 1.68. The van der Waals surface area contributed by atoms with E-state index in [4.69, 9.17) is 11.6 Å². The zero-order chi connectivity index (χ0) is 19.3. The van der Waals surface area contributed by atoms with E-state index in [-0.39, 0.29) is 11.5 Å². The van der Waals surface area contributed by atoms with E-state index in [1.165, 1.54) is 0 Å². The largest absolute Gasteiger partial charge is 0.305 e. The minimum atomic E-state index is -0.416. The summed E-state index contributed by atoms with van der Waals surface area (Å²) in [5, 5.41) is 0.377. The standard InChI is InChI=1S/C22H17ClN4O/c23-19-9-3-8-18(26-19)22(27-13-2-1-10-20(27)28)21(16-6-4-11-24-14-16)17-7-5-12-25-15-17/h1-15,21-22H. The molecule has 4 aromatic heterocycles. The van der Waals surface area contributed by atoms with Gasteiger partial charge < -0.3 is 4.57 Å². The highest BCUT2D eigenvalue weighted by molar-refractivity contribution is 6.29. The highest BCUT2D eigenvalue weighted by Gasteiger charge is 2.30. The summed E-state index contributed by atoms with van der Waals surface area (Å²) in [6.45, 7) is 0. The molecule has 28 heavy (non-hydrogen) atoms. The summed E-state index contributed by atoms with van der Waals surface area (Å²) in [6.07, 6.45) is 8.85. The number of rotatable bonds is 5. The normalized spacial score (nSPS) is 12.1. The van der Waals surface area contributed by atoms with Gasteiger partial charge in [-0.15, -0.1) is 0 Å². The highest BCUT2D eigenvalue weighted by atomic mass is 35.5. The van der Waals surface area contributed by atoms with Crippen molar-refractivity contribution in [3.8, 4) is 0 Å². The maximum absolute atomic E-state index is 12.8. The lowest BCUT2D eigenvalue weighted by molar-refractivity contribution is 0.494. The van der Waals surface area contributed by atoms with E-state index >= 15 is 0 Å². The Kier molecular flexibility index (Phi) is 5.26. The average molecular weight is 389 g/mol. The Hall–Kier alpha value is -3.31. The molecule has 0 aliphatic heterocycles. The van der Waals surface area contributed by atoms with Crippen molar-refractivity contribution < 1.29 is 0 Å². The van der Waals surface area contributed by atoms with E-state index in [9.17, 15) is 4.79 Å². The summed E-state index contributed by atoms with van der Waals surface area (Å²) >= 11 is 6.19. The zero-order valence-corrected chi connectivity index (χ0v) is 15.6. The van der Waals surface area contributed by atoms with Crippen molar-refractivity contribution in [2.24, 2.45) is 0 Å². The maximum Gasteiger partial charge on any atom is 0.251 e. The first-order chi connectivity index (χ1) is 13.7. The van der Waals surface area contributed by atoms with Crippen LogP contribution in [-0.4, -0.2) is 19.5 Å². The SMILES string of the molecule is O=c1ccccn1C(c1cccc(Cl)n1)C(c1cccnc1)c1cccnc1. The summed E-state index contributed by atoms with van der Waals surface area (Å²) in [7, 11) is 0. The van der Waals surface area contributed by atoms with Crippen molar-refractivity contribution in [3.63, 3.8) is 0 Å². The van der Waals surface area contributed by atoms with Crippen LogP contribution in [0.4, 0.5) is 0 Å². The summed E-state index contributed by atoms with van der Waals surface area (Å²) in [4.78, 5) is 25.9. The van der Waals surface area contributed by atoms with Crippen LogP contribution in [0.15, 0.2) is 96.4 Å². The van der Waals surface area contributed by atoms with Gasteiger partial charge in [0.15, 0.2) is 0 Å². The van der Waals surface area contributed by atoms with Crippen LogP contribution in [0.25, 0.3) is 0 Å². The average Bonchev–Trinajstić information content (AvgIpc) is 2.74. The van der Waals surface area contributed by atoms with Crippen LogP contribution < -0.4 is 5.56 Å². The van der Waals surface area contributed by atoms with Crippen LogP contribution in [0, 0.1) is 0 Å². The highest BCUT2D eigenvalue weighted by Crippen LogP contribution is 2.38. The lowest BCUT2D eigenvalue weighted by atomic mass is 9.84. The van der Waals surface area contributed by atoms with Gasteiger partial charge in [0.1, 0.15) is 5.15 Å². The fourth-order valence-corrected chi connectivity index (χ4v) is 3.58. The number of hydrogen-bond acceptors (Lipinski definition) is 4. The molecule has 6 heteroatoms. The molecule has 0 amide bonds. The van der Waals surface area contributed by atoms with E-state index in [1.807, 2.05) is 54.9 Å². The first kappa shape index (κ1) is 18.1. The second-order valence-corrected chi connectivity index (χ2v) is 6.71. The molecular formula is C22H17ClN4O. The summed E-state index contributed by atoms with van der Waals surface area (Å²) in [5.74, 6) is -0.228. The van der Waals surface area contributed by atoms with Crippen LogP contribution >= 0.6 is 11.6 Å². The lowest BCUT2D eigenvalue weighted by Crippen LogP contribution is -2.30. The van der Waals surface area contributed by atoms with Crippen molar-refractivity contribution in [2.75, 3.05) is 0 Å². The van der Waals surface area contributed by atoms with Gasteiger partial charge >= 0.3 is 0 Å². The molecule has 0 aliphatic carbocycles. The van der Waals surface area contributed by atoms with Crippen molar-refractivity contribution in [1.29, 1.82) is 0 Å². The predicted octanol–water partition coefficient (Wildman–Crippen LogP) is 4.11. The third-order valence-electron chi connectivity index (χ3n) is 4.59. The second kappa shape index (κ2) is 8.15. The Morgan fingerprint density at radius 1 is 0.821 bits per heavy atom. The van der Waals surface area contributed by atoms with E-state index < -0.39 is 6.04 Å². The van der Waals surface area contributed by atoms with Gasteiger partial charge in [-0.1, -0.05) is 35.9 Å². The Morgan fingerprint density at radius 3 is 2.11 bits per heavy atom. The summed E-state index contributed by atoms with van der Waals surface area (Å²) in [6, 6.07) is 17.9. The number of hydrogen-bond donors (Lipinski definition) is 0. The molecule has 0 spiro atoms. The van der Waals surface area contributed by atoms with Crippen LogP contribution in [0.5, 0.6) is 0 Å². The third-order valence-corrected chi connectivity index (χ3v) is 4.80. The molecule has 0 fully saturated rings. The summed E-state index contributed by atoms with van der Waals surface area (Å²) in [5.41, 5.74) is 2.49. The molecule has 4 rings (SSSR count). The Labute approximate surface area is 167 Å². The molecule has 0 saturated carbocycles. The maximum atomic E-state index is 12.8. The topological polar surface area (TPSA) is 60.7 Å². The van der Waals surface area contributed by atoms with Crippen LogP contribution in [0.3, 0.4) is 0 Å². The van der Waals surface area contributed by atoms with Crippen molar-refractivity contribution in [3.05, 3.63) is 124 Å².